The zero-order valence-corrected chi connectivity index (χ0v) is 40.2. The maximum Gasteiger partial charge on any atom is 3.00 e. The number of benzene rings is 7. The Morgan fingerprint density at radius 1 is 0.388 bits per heavy atom. The summed E-state index contributed by atoms with van der Waals surface area (Å²) in [5.41, 5.74) is 21.4. The van der Waals surface area contributed by atoms with E-state index in [2.05, 4.69) is 175 Å². The van der Waals surface area contributed by atoms with Gasteiger partial charge >= 0.3 is 20.1 Å². The van der Waals surface area contributed by atoms with Crippen molar-refractivity contribution < 1.29 is 20.1 Å². The van der Waals surface area contributed by atoms with Gasteiger partial charge in [0.1, 0.15) is 0 Å². The van der Waals surface area contributed by atoms with E-state index in [9.17, 15) is 0 Å². The number of rotatable bonds is 12. The van der Waals surface area contributed by atoms with Gasteiger partial charge in [-0.3, -0.25) is 0 Å². The molecule has 10 rings (SSSR count). The van der Waals surface area contributed by atoms with Gasteiger partial charge in [-0.25, -0.2) is 0 Å². The fourth-order valence-electron chi connectivity index (χ4n) is 8.64. The molecule has 0 spiro atoms. The number of hydrogen-bond donors (Lipinski definition) is 0. The van der Waals surface area contributed by atoms with Gasteiger partial charge in [0.05, 0.1) is 0 Å². The van der Waals surface area contributed by atoms with Crippen LogP contribution in [0, 0.1) is 32.0 Å². The Bertz CT molecular complexity index is 2970. The van der Waals surface area contributed by atoms with Crippen LogP contribution < -0.4 is 0 Å². The second-order valence-electron chi connectivity index (χ2n) is 16.5. The molecular weight excluding hydrogens is 991 g/mol. The third-order valence-corrected chi connectivity index (χ3v) is 12.0. The summed E-state index contributed by atoms with van der Waals surface area (Å²) in [6, 6.07) is 79.5. The summed E-state index contributed by atoms with van der Waals surface area (Å²) in [5.74, 6) is 0. The van der Waals surface area contributed by atoms with Gasteiger partial charge in [-0.15, -0.1) is 107 Å². The molecule has 4 heteroatoms. The number of nitrogens with zero attached hydrogens (tertiary/aromatic N) is 3. The van der Waals surface area contributed by atoms with Gasteiger partial charge in [0, 0.05) is 18.6 Å². The van der Waals surface area contributed by atoms with Crippen LogP contribution in [0.4, 0.5) is 0 Å². The zero-order valence-electron chi connectivity index (χ0n) is 37.8. The first kappa shape index (κ1) is 46.2. The molecule has 0 bridgehead atoms. The Morgan fingerprint density at radius 3 is 1.55 bits per heavy atom. The largest absolute Gasteiger partial charge is 3.00 e. The van der Waals surface area contributed by atoms with Gasteiger partial charge in [0.2, 0.25) is 0 Å². The molecule has 7 aromatic carbocycles. The average Bonchev–Trinajstić information content (AvgIpc) is 3.39. The first-order chi connectivity index (χ1) is 32.6. The molecule has 0 unspecified atom stereocenters. The maximum absolute atomic E-state index is 4.69. The standard InChI is InChI=1S/C38H30N2.C25H20N.Ir/c1-2-12-33(13-3-1)38-26-21-30(28-40-38)20-23-32-11-5-7-15-36(32)35-14-6-4-10-31(35)22-17-29-18-24-34(25-19-29)37-16-8-9-27-39-37;1-18-15-23(20-9-5-3-6-10-20)16-19(2)25(18)22-13-14-26-24(17-22)21-11-7-4-8-12-21;/h1-12,14-16,18-19,21,24,26-28H,17,20,22-23H2;3-11,13-17H,1-2H3;/q-2;-1;+3. The number of aryl methyl sites for hydroxylation is 6. The fourth-order valence-corrected chi connectivity index (χ4v) is 8.64. The first-order valence-electron chi connectivity index (χ1n) is 22.7. The molecule has 3 nitrogen and oxygen atoms in total. The zero-order chi connectivity index (χ0) is 44.9. The summed E-state index contributed by atoms with van der Waals surface area (Å²) >= 11 is 0. The predicted octanol–water partition coefficient (Wildman–Crippen LogP) is 15.1. The van der Waals surface area contributed by atoms with Gasteiger partial charge in [-0.05, 0) is 124 Å². The topological polar surface area (TPSA) is 38.7 Å². The van der Waals surface area contributed by atoms with Crippen molar-refractivity contribution in [2.75, 3.05) is 0 Å². The number of aromatic nitrogens is 3. The molecule has 0 aliphatic rings. The minimum absolute atomic E-state index is 0. The van der Waals surface area contributed by atoms with E-state index >= 15 is 0 Å². The molecule has 0 saturated carbocycles. The van der Waals surface area contributed by atoms with E-state index < -0.39 is 0 Å². The Hall–Kier alpha value is -7.36. The molecule has 67 heavy (non-hydrogen) atoms. The molecule has 0 fully saturated rings. The summed E-state index contributed by atoms with van der Waals surface area (Å²) in [5, 5.41) is 0. The first-order valence-corrected chi connectivity index (χ1v) is 22.7. The van der Waals surface area contributed by atoms with E-state index in [0.717, 1.165) is 59.5 Å². The summed E-state index contributed by atoms with van der Waals surface area (Å²) in [6.45, 7) is 4.37. The average molecular weight is 1040 g/mol. The summed E-state index contributed by atoms with van der Waals surface area (Å²) in [6.07, 6.45) is 9.57. The number of pyridine rings is 3. The minimum Gasteiger partial charge on any atom is -0.305 e. The molecule has 0 amide bonds. The van der Waals surface area contributed by atoms with Crippen molar-refractivity contribution in [2.45, 2.75) is 39.5 Å². The van der Waals surface area contributed by atoms with Crippen molar-refractivity contribution in [3.8, 4) is 67.2 Å². The van der Waals surface area contributed by atoms with Crippen molar-refractivity contribution in [1.29, 1.82) is 0 Å². The summed E-state index contributed by atoms with van der Waals surface area (Å²) < 4.78 is 0. The Balaban J connectivity index is 0.000000195. The molecule has 10 aromatic rings. The summed E-state index contributed by atoms with van der Waals surface area (Å²) in [4.78, 5) is 13.7. The van der Waals surface area contributed by atoms with Crippen LogP contribution in [0.1, 0.15) is 33.4 Å². The van der Waals surface area contributed by atoms with Crippen LogP contribution in [0.2, 0.25) is 0 Å². The second kappa shape index (κ2) is 22.7. The molecule has 0 aliphatic carbocycles. The molecule has 3 heterocycles. The summed E-state index contributed by atoms with van der Waals surface area (Å²) in [7, 11) is 0. The molecule has 326 valence electrons. The quantitative estimate of drug-likeness (QED) is 0.114. The van der Waals surface area contributed by atoms with Gasteiger partial charge in [0.25, 0.3) is 0 Å². The van der Waals surface area contributed by atoms with E-state index in [1.54, 1.807) is 0 Å². The second-order valence-corrected chi connectivity index (χ2v) is 16.5. The van der Waals surface area contributed by atoms with Crippen LogP contribution >= 0.6 is 0 Å². The Labute approximate surface area is 409 Å². The minimum atomic E-state index is 0. The van der Waals surface area contributed by atoms with Gasteiger partial charge in [-0.1, -0.05) is 128 Å². The van der Waals surface area contributed by atoms with E-state index in [1.165, 1.54) is 66.8 Å². The van der Waals surface area contributed by atoms with Crippen molar-refractivity contribution in [3.05, 3.63) is 270 Å². The molecule has 0 atom stereocenters. The maximum atomic E-state index is 4.69. The van der Waals surface area contributed by atoms with Gasteiger partial charge in [0.15, 0.2) is 0 Å². The van der Waals surface area contributed by atoms with E-state index in [-0.39, 0.29) is 20.1 Å². The monoisotopic (exact) mass is 1040 g/mol. The smallest absolute Gasteiger partial charge is 0.305 e. The van der Waals surface area contributed by atoms with Crippen molar-refractivity contribution in [1.82, 2.24) is 15.0 Å². The molecule has 0 saturated heterocycles. The molecule has 0 N–H and O–H groups in total. The van der Waals surface area contributed by atoms with Crippen molar-refractivity contribution in [2.24, 2.45) is 0 Å². The van der Waals surface area contributed by atoms with Crippen LogP contribution in [0.3, 0.4) is 0 Å². The Kier molecular flexibility index (Phi) is 15.6. The van der Waals surface area contributed by atoms with Crippen LogP contribution in [-0.2, 0) is 45.8 Å². The van der Waals surface area contributed by atoms with Crippen LogP contribution in [0.25, 0.3) is 67.2 Å². The number of hydrogen-bond acceptors (Lipinski definition) is 3. The molecule has 0 aliphatic heterocycles. The normalized spacial score (nSPS) is 10.7. The van der Waals surface area contributed by atoms with Gasteiger partial charge in [-0.2, -0.15) is 0 Å². The van der Waals surface area contributed by atoms with Crippen LogP contribution in [0.5, 0.6) is 0 Å². The molecule has 0 radical (unpaired) electrons. The van der Waals surface area contributed by atoms with E-state index in [0.29, 0.717) is 0 Å². The van der Waals surface area contributed by atoms with Gasteiger partial charge < -0.3 is 15.0 Å². The van der Waals surface area contributed by atoms with Crippen molar-refractivity contribution >= 4 is 0 Å². The fraction of sp³-hybridized carbons (Fsp3) is 0.0952. The third kappa shape index (κ3) is 11.7. The SMILES string of the molecule is Cc1cc(-c2ccccc2)cc(C)c1-c1ccnc(-c2[c-]cccc2)c1.[Ir+3].[c-]1cc(CCc2ccccc2-c2ccccc2CCc2ccc(-c3[c-]cccc3)nc2)ccc1-c1ccccn1. The van der Waals surface area contributed by atoms with Crippen molar-refractivity contribution in [3.63, 3.8) is 0 Å². The predicted molar refractivity (Wildman–Crippen MR) is 273 cm³/mol. The van der Waals surface area contributed by atoms with E-state index in [4.69, 9.17) is 4.98 Å². The third-order valence-electron chi connectivity index (χ3n) is 12.0. The van der Waals surface area contributed by atoms with E-state index in [1.807, 2.05) is 85.3 Å². The van der Waals surface area contributed by atoms with Crippen LogP contribution in [-0.4, -0.2) is 15.0 Å². The molecule has 3 aromatic heterocycles. The van der Waals surface area contributed by atoms with Crippen LogP contribution in [0.15, 0.2) is 219 Å². The Morgan fingerprint density at radius 2 is 0.955 bits per heavy atom. The molecular formula is C63H50IrN3.